The average molecular weight is 558 g/mol. The standard InChI is InChI=1S/C31H39N7O3/c1-2-34-31(41)37-21-23-17-15-22(16-18-23)20-36-28(39)26(14-9-19-35-30(32)33)38-29(40)27(24-10-5-3-6-11-24)25-12-7-4-8-13-25/h3-8,10-13,15-18,26-27H,2,9,14,19-21H2,1H3,(H,36,39)(H,38,40)(H4,32,33,35)(H2,34,37,41)/t26-/m1/s1. The molecule has 41 heavy (non-hydrogen) atoms. The van der Waals surface area contributed by atoms with Crippen LogP contribution in [0.4, 0.5) is 4.79 Å². The molecule has 216 valence electrons. The molecule has 3 aromatic carbocycles. The van der Waals surface area contributed by atoms with Crippen LogP contribution < -0.4 is 32.7 Å². The molecule has 3 rings (SSSR count). The fraction of sp³-hybridized carbons (Fsp3) is 0.290. The third-order valence-corrected chi connectivity index (χ3v) is 6.39. The lowest BCUT2D eigenvalue weighted by Crippen LogP contribution is -2.48. The van der Waals surface area contributed by atoms with E-state index in [9.17, 15) is 14.4 Å². The lowest BCUT2D eigenvalue weighted by Gasteiger charge is -2.23. The number of guanidine groups is 1. The summed E-state index contributed by atoms with van der Waals surface area (Å²) in [5.41, 5.74) is 14.4. The zero-order chi connectivity index (χ0) is 29.5. The van der Waals surface area contributed by atoms with Crippen molar-refractivity contribution in [2.45, 2.75) is 44.8 Å². The van der Waals surface area contributed by atoms with Gasteiger partial charge in [-0.05, 0) is 42.0 Å². The Labute approximate surface area is 241 Å². The highest BCUT2D eigenvalue weighted by molar-refractivity contribution is 5.92. The maximum Gasteiger partial charge on any atom is 0.315 e. The molecule has 8 N–H and O–H groups in total. The summed E-state index contributed by atoms with van der Waals surface area (Å²) in [4.78, 5) is 42.6. The van der Waals surface area contributed by atoms with Crippen LogP contribution in [0, 0.1) is 0 Å². The van der Waals surface area contributed by atoms with Crippen LogP contribution in [0.2, 0.25) is 0 Å². The highest BCUT2D eigenvalue weighted by Gasteiger charge is 2.27. The van der Waals surface area contributed by atoms with Crippen LogP contribution in [-0.2, 0) is 22.7 Å². The van der Waals surface area contributed by atoms with Gasteiger partial charge in [0, 0.05) is 26.2 Å². The highest BCUT2D eigenvalue weighted by Crippen LogP contribution is 2.25. The summed E-state index contributed by atoms with van der Waals surface area (Å²) in [6.45, 7) is 3.43. The van der Waals surface area contributed by atoms with E-state index >= 15 is 0 Å². The fourth-order valence-electron chi connectivity index (χ4n) is 4.31. The molecule has 0 saturated carbocycles. The summed E-state index contributed by atoms with van der Waals surface area (Å²) >= 11 is 0. The Balaban J connectivity index is 1.68. The van der Waals surface area contributed by atoms with Crippen LogP contribution >= 0.6 is 0 Å². The summed E-state index contributed by atoms with van der Waals surface area (Å²) in [6, 6.07) is 25.5. The van der Waals surface area contributed by atoms with Gasteiger partial charge in [-0.25, -0.2) is 4.79 Å². The summed E-state index contributed by atoms with van der Waals surface area (Å²) in [5, 5.41) is 11.4. The number of nitrogens with zero attached hydrogens (tertiary/aromatic N) is 1. The molecule has 0 aliphatic carbocycles. The number of nitrogens with two attached hydrogens (primary N) is 2. The average Bonchev–Trinajstić information content (AvgIpc) is 2.98. The normalized spacial score (nSPS) is 11.3. The van der Waals surface area contributed by atoms with Gasteiger partial charge in [0.2, 0.25) is 11.8 Å². The zero-order valence-electron chi connectivity index (χ0n) is 23.3. The number of amides is 4. The molecular formula is C31H39N7O3. The van der Waals surface area contributed by atoms with E-state index < -0.39 is 12.0 Å². The second-order valence-electron chi connectivity index (χ2n) is 9.51. The second-order valence-corrected chi connectivity index (χ2v) is 9.51. The third kappa shape index (κ3) is 10.3. The van der Waals surface area contributed by atoms with E-state index in [1.165, 1.54) is 0 Å². The summed E-state index contributed by atoms with van der Waals surface area (Å²) in [7, 11) is 0. The second kappa shape index (κ2) is 16.3. The van der Waals surface area contributed by atoms with E-state index in [0.717, 1.165) is 22.3 Å². The van der Waals surface area contributed by atoms with Crippen LogP contribution in [0.5, 0.6) is 0 Å². The van der Waals surface area contributed by atoms with E-state index in [-0.39, 0.29) is 30.3 Å². The van der Waals surface area contributed by atoms with Gasteiger partial charge in [-0.3, -0.25) is 14.6 Å². The van der Waals surface area contributed by atoms with Gasteiger partial charge in [0.05, 0.1) is 5.92 Å². The molecule has 4 amide bonds. The number of urea groups is 1. The Morgan fingerprint density at radius 1 is 0.732 bits per heavy atom. The lowest BCUT2D eigenvalue weighted by atomic mass is 9.90. The minimum atomic E-state index is -0.785. The number of carbonyl (C=O) groups is 3. The summed E-state index contributed by atoms with van der Waals surface area (Å²) < 4.78 is 0. The highest BCUT2D eigenvalue weighted by atomic mass is 16.2. The summed E-state index contributed by atoms with van der Waals surface area (Å²) in [6.07, 6.45) is 0.861. The van der Waals surface area contributed by atoms with Crippen molar-refractivity contribution in [1.82, 2.24) is 21.3 Å². The van der Waals surface area contributed by atoms with Crippen molar-refractivity contribution in [3.63, 3.8) is 0 Å². The van der Waals surface area contributed by atoms with Crippen LogP contribution in [0.1, 0.15) is 47.9 Å². The minimum absolute atomic E-state index is 0.0205. The number of hydrogen-bond acceptors (Lipinski definition) is 4. The minimum Gasteiger partial charge on any atom is -0.370 e. The molecule has 0 unspecified atom stereocenters. The van der Waals surface area contributed by atoms with E-state index in [4.69, 9.17) is 11.5 Å². The first-order valence-electron chi connectivity index (χ1n) is 13.7. The van der Waals surface area contributed by atoms with Crippen LogP contribution in [0.25, 0.3) is 0 Å². The zero-order valence-corrected chi connectivity index (χ0v) is 23.3. The van der Waals surface area contributed by atoms with Gasteiger partial charge in [-0.1, -0.05) is 84.9 Å². The van der Waals surface area contributed by atoms with Crippen molar-refractivity contribution >= 4 is 23.8 Å². The fourth-order valence-corrected chi connectivity index (χ4v) is 4.31. The maximum atomic E-state index is 13.7. The number of nitrogens with one attached hydrogen (secondary N) is 4. The molecule has 0 spiro atoms. The number of benzene rings is 3. The lowest BCUT2D eigenvalue weighted by molar-refractivity contribution is -0.129. The van der Waals surface area contributed by atoms with E-state index in [1.807, 2.05) is 91.9 Å². The largest absolute Gasteiger partial charge is 0.370 e. The summed E-state index contributed by atoms with van der Waals surface area (Å²) in [5.74, 6) is -1.17. The Bertz CT molecular complexity index is 1240. The van der Waals surface area contributed by atoms with Gasteiger partial charge in [0.25, 0.3) is 0 Å². The Hall–Kier alpha value is -4.86. The Kier molecular flexibility index (Phi) is 12.2. The SMILES string of the molecule is CCNC(=O)NCc1ccc(CNC(=O)[C@@H](CCCN=C(N)N)NC(=O)C(c2ccccc2)c2ccccc2)cc1. The molecule has 0 radical (unpaired) electrons. The van der Waals surface area contributed by atoms with Crippen molar-refractivity contribution in [3.05, 3.63) is 107 Å². The Morgan fingerprint density at radius 3 is 1.78 bits per heavy atom. The van der Waals surface area contributed by atoms with E-state index in [0.29, 0.717) is 32.5 Å². The molecule has 0 aliphatic rings. The predicted molar refractivity (Wildman–Crippen MR) is 161 cm³/mol. The van der Waals surface area contributed by atoms with Crippen LogP contribution in [-0.4, -0.2) is 42.9 Å². The predicted octanol–water partition coefficient (Wildman–Crippen LogP) is 2.49. The van der Waals surface area contributed by atoms with Crippen LogP contribution in [0.15, 0.2) is 89.9 Å². The van der Waals surface area contributed by atoms with Crippen LogP contribution in [0.3, 0.4) is 0 Å². The third-order valence-electron chi connectivity index (χ3n) is 6.39. The molecule has 0 saturated heterocycles. The number of hydrogen-bond donors (Lipinski definition) is 6. The van der Waals surface area contributed by atoms with E-state index in [2.05, 4.69) is 26.3 Å². The molecule has 0 bridgehead atoms. The quantitative estimate of drug-likeness (QED) is 0.102. The molecule has 3 aromatic rings. The Morgan fingerprint density at radius 2 is 1.27 bits per heavy atom. The maximum absolute atomic E-state index is 13.7. The molecule has 0 aliphatic heterocycles. The van der Waals surface area contributed by atoms with E-state index in [1.54, 1.807) is 0 Å². The van der Waals surface area contributed by atoms with Crippen molar-refractivity contribution < 1.29 is 14.4 Å². The topological polar surface area (TPSA) is 164 Å². The smallest absolute Gasteiger partial charge is 0.315 e. The monoisotopic (exact) mass is 557 g/mol. The van der Waals surface area contributed by atoms with Gasteiger partial charge >= 0.3 is 6.03 Å². The molecular weight excluding hydrogens is 518 g/mol. The van der Waals surface area contributed by atoms with Gasteiger partial charge in [-0.2, -0.15) is 0 Å². The van der Waals surface area contributed by atoms with Crippen molar-refractivity contribution in [3.8, 4) is 0 Å². The first-order valence-corrected chi connectivity index (χ1v) is 13.7. The molecule has 0 heterocycles. The first kappa shape index (κ1) is 30.7. The number of carbonyl (C=O) groups excluding carboxylic acids is 3. The molecule has 1 atom stereocenters. The number of aliphatic imine (C=N–C) groups is 1. The molecule has 0 aromatic heterocycles. The first-order chi connectivity index (χ1) is 19.9. The van der Waals surface area contributed by atoms with Gasteiger partial charge in [-0.15, -0.1) is 0 Å². The molecule has 0 fully saturated rings. The van der Waals surface area contributed by atoms with Crippen molar-refractivity contribution in [1.29, 1.82) is 0 Å². The molecule has 10 heteroatoms. The van der Waals surface area contributed by atoms with Crippen molar-refractivity contribution in [2.75, 3.05) is 13.1 Å². The number of rotatable bonds is 14. The molecule has 10 nitrogen and oxygen atoms in total. The van der Waals surface area contributed by atoms with Gasteiger partial charge in [0.15, 0.2) is 5.96 Å². The van der Waals surface area contributed by atoms with Gasteiger partial charge in [0.1, 0.15) is 6.04 Å². The van der Waals surface area contributed by atoms with Crippen molar-refractivity contribution in [2.24, 2.45) is 16.5 Å². The van der Waals surface area contributed by atoms with Gasteiger partial charge < -0.3 is 32.7 Å².